The van der Waals surface area contributed by atoms with Crippen LogP contribution in [0.1, 0.15) is 11.1 Å². The predicted molar refractivity (Wildman–Crippen MR) is 84.1 cm³/mol. The number of nitrogens with zero attached hydrogens (tertiary/aromatic N) is 1. The third-order valence-corrected chi connectivity index (χ3v) is 3.75. The summed E-state index contributed by atoms with van der Waals surface area (Å²) in [6.07, 6.45) is 0.729. The summed E-state index contributed by atoms with van der Waals surface area (Å²) >= 11 is 3.16. The quantitative estimate of drug-likeness (QED) is 0.638. The van der Waals surface area contributed by atoms with Crippen LogP contribution in [0.3, 0.4) is 0 Å². The molecule has 1 N–H and O–H groups in total. The SMILES string of the molecule is Cc1cc(F)c(Br)cc1NCCc1ccc([N+](=O)[O-])cc1. The van der Waals surface area contributed by atoms with Crippen molar-refractivity contribution < 1.29 is 9.31 Å². The Morgan fingerprint density at radius 1 is 1.29 bits per heavy atom. The van der Waals surface area contributed by atoms with Crippen molar-refractivity contribution in [2.24, 2.45) is 0 Å². The number of hydrogen-bond donors (Lipinski definition) is 1. The van der Waals surface area contributed by atoms with Gasteiger partial charge in [-0.1, -0.05) is 12.1 Å². The summed E-state index contributed by atoms with van der Waals surface area (Å²) in [6.45, 7) is 2.50. The lowest BCUT2D eigenvalue weighted by atomic mass is 10.1. The molecule has 0 spiro atoms. The minimum atomic E-state index is -0.415. The first kappa shape index (κ1) is 15.4. The Morgan fingerprint density at radius 3 is 2.57 bits per heavy atom. The van der Waals surface area contributed by atoms with Crippen LogP contribution in [0.2, 0.25) is 0 Å². The van der Waals surface area contributed by atoms with E-state index in [9.17, 15) is 14.5 Å². The molecule has 2 rings (SSSR count). The number of benzene rings is 2. The van der Waals surface area contributed by atoms with E-state index in [1.54, 1.807) is 18.2 Å². The Kier molecular flexibility index (Phi) is 4.90. The summed E-state index contributed by atoms with van der Waals surface area (Å²) in [4.78, 5) is 10.2. The van der Waals surface area contributed by atoms with Gasteiger partial charge in [0.05, 0.1) is 9.40 Å². The van der Waals surface area contributed by atoms with Gasteiger partial charge in [0.15, 0.2) is 0 Å². The number of hydrogen-bond acceptors (Lipinski definition) is 3. The Balaban J connectivity index is 1.95. The van der Waals surface area contributed by atoms with Crippen molar-refractivity contribution in [3.05, 3.63) is 67.9 Å². The smallest absolute Gasteiger partial charge is 0.269 e. The largest absolute Gasteiger partial charge is 0.384 e. The van der Waals surface area contributed by atoms with Crippen LogP contribution in [-0.4, -0.2) is 11.5 Å². The van der Waals surface area contributed by atoms with E-state index in [0.717, 1.165) is 23.2 Å². The molecule has 0 radical (unpaired) electrons. The maximum atomic E-state index is 13.3. The van der Waals surface area contributed by atoms with E-state index < -0.39 is 4.92 Å². The van der Waals surface area contributed by atoms with E-state index in [1.165, 1.54) is 18.2 Å². The van der Waals surface area contributed by atoms with E-state index in [2.05, 4.69) is 21.2 Å². The third kappa shape index (κ3) is 4.01. The lowest BCUT2D eigenvalue weighted by Crippen LogP contribution is -2.06. The molecular weight excluding hydrogens is 339 g/mol. The molecule has 6 heteroatoms. The number of rotatable bonds is 5. The first-order chi connectivity index (χ1) is 9.97. The minimum absolute atomic E-state index is 0.0880. The number of anilines is 1. The molecule has 0 amide bonds. The number of aryl methyl sites for hydroxylation is 1. The van der Waals surface area contributed by atoms with Gasteiger partial charge in [-0.05, 0) is 52.5 Å². The van der Waals surface area contributed by atoms with Crippen LogP contribution < -0.4 is 5.32 Å². The third-order valence-electron chi connectivity index (χ3n) is 3.14. The standard InChI is InChI=1S/C15H14BrFN2O2/c1-10-8-14(17)13(16)9-15(10)18-7-6-11-2-4-12(5-3-11)19(20)21/h2-5,8-9,18H,6-7H2,1H3. The zero-order valence-electron chi connectivity index (χ0n) is 11.4. The first-order valence-electron chi connectivity index (χ1n) is 6.40. The van der Waals surface area contributed by atoms with Gasteiger partial charge in [-0.2, -0.15) is 0 Å². The summed E-state index contributed by atoms with van der Waals surface area (Å²) in [5, 5.41) is 13.8. The van der Waals surface area contributed by atoms with Gasteiger partial charge < -0.3 is 5.32 Å². The molecule has 0 aromatic heterocycles. The van der Waals surface area contributed by atoms with Crippen molar-refractivity contribution >= 4 is 27.3 Å². The number of halogens is 2. The Morgan fingerprint density at radius 2 is 1.95 bits per heavy atom. The van der Waals surface area contributed by atoms with E-state index in [0.29, 0.717) is 11.0 Å². The average molecular weight is 353 g/mol. The second-order valence-corrected chi connectivity index (χ2v) is 5.54. The van der Waals surface area contributed by atoms with E-state index in [4.69, 9.17) is 0 Å². The van der Waals surface area contributed by atoms with Gasteiger partial charge in [0, 0.05) is 24.4 Å². The molecule has 0 aliphatic carbocycles. The van der Waals surface area contributed by atoms with Crippen LogP contribution in [0.4, 0.5) is 15.8 Å². The molecule has 0 heterocycles. The highest BCUT2D eigenvalue weighted by Crippen LogP contribution is 2.24. The molecule has 0 unspecified atom stereocenters. The molecule has 0 bridgehead atoms. The van der Waals surface area contributed by atoms with Gasteiger partial charge in [-0.15, -0.1) is 0 Å². The second-order valence-electron chi connectivity index (χ2n) is 4.68. The Bertz CT molecular complexity index is 659. The molecule has 0 aliphatic heterocycles. The molecule has 2 aromatic rings. The minimum Gasteiger partial charge on any atom is -0.384 e. The molecule has 110 valence electrons. The maximum Gasteiger partial charge on any atom is 0.269 e. The van der Waals surface area contributed by atoms with Crippen molar-refractivity contribution in [2.45, 2.75) is 13.3 Å². The summed E-state index contributed by atoms with van der Waals surface area (Å²) in [5.74, 6) is -0.284. The summed E-state index contributed by atoms with van der Waals surface area (Å²) in [5.41, 5.74) is 2.79. The first-order valence-corrected chi connectivity index (χ1v) is 7.19. The van der Waals surface area contributed by atoms with E-state index in [-0.39, 0.29) is 11.5 Å². The fraction of sp³-hybridized carbons (Fsp3) is 0.200. The number of non-ortho nitro benzene ring substituents is 1. The van der Waals surface area contributed by atoms with Crippen molar-refractivity contribution in [2.75, 3.05) is 11.9 Å². The van der Waals surface area contributed by atoms with Crippen LogP contribution in [0.25, 0.3) is 0 Å². The van der Waals surface area contributed by atoms with Crippen LogP contribution in [0.15, 0.2) is 40.9 Å². The lowest BCUT2D eigenvalue weighted by molar-refractivity contribution is -0.384. The number of nitrogens with one attached hydrogen (secondary N) is 1. The fourth-order valence-corrected chi connectivity index (χ4v) is 2.31. The predicted octanol–water partition coefficient (Wildman–Crippen LogP) is 4.46. The van der Waals surface area contributed by atoms with E-state index >= 15 is 0 Å². The molecule has 0 fully saturated rings. The average Bonchev–Trinajstić information content (AvgIpc) is 2.45. The maximum absolute atomic E-state index is 13.3. The van der Waals surface area contributed by atoms with Crippen LogP contribution >= 0.6 is 15.9 Å². The summed E-state index contributed by atoms with van der Waals surface area (Å²) in [7, 11) is 0. The molecule has 0 saturated heterocycles. The molecule has 21 heavy (non-hydrogen) atoms. The Hall–Kier alpha value is -1.95. The highest BCUT2D eigenvalue weighted by atomic mass is 79.9. The highest BCUT2D eigenvalue weighted by Gasteiger charge is 2.06. The van der Waals surface area contributed by atoms with Crippen LogP contribution in [-0.2, 0) is 6.42 Å². The molecule has 0 atom stereocenters. The summed E-state index contributed by atoms with van der Waals surface area (Å²) in [6, 6.07) is 9.66. The van der Waals surface area contributed by atoms with Crippen molar-refractivity contribution in [1.29, 1.82) is 0 Å². The summed E-state index contributed by atoms with van der Waals surface area (Å²) < 4.78 is 13.7. The van der Waals surface area contributed by atoms with Gasteiger partial charge in [0.2, 0.25) is 0 Å². The van der Waals surface area contributed by atoms with Crippen molar-refractivity contribution in [3.8, 4) is 0 Å². The van der Waals surface area contributed by atoms with Gasteiger partial charge in [-0.25, -0.2) is 4.39 Å². The topological polar surface area (TPSA) is 55.2 Å². The van der Waals surface area contributed by atoms with Crippen LogP contribution in [0.5, 0.6) is 0 Å². The zero-order valence-corrected chi connectivity index (χ0v) is 13.0. The molecule has 0 saturated carbocycles. The molecular formula is C15H14BrFN2O2. The van der Waals surface area contributed by atoms with Crippen molar-refractivity contribution in [3.63, 3.8) is 0 Å². The monoisotopic (exact) mass is 352 g/mol. The van der Waals surface area contributed by atoms with Crippen LogP contribution in [0, 0.1) is 22.9 Å². The molecule has 4 nitrogen and oxygen atoms in total. The van der Waals surface area contributed by atoms with E-state index in [1.807, 2.05) is 6.92 Å². The second kappa shape index (κ2) is 6.67. The van der Waals surface area contributed by atoms with Gasteiger partial charge in [0.1, 0.15) is 5.82 Å². The Labute approximate surface area is 130 Å². The zero-order chi connectivity index (χ0) is 15.4. The molecule has 0 aliphatic rings. The van der Waals surface area contributed by atoms with Gasteiger partial charge in [0.25, 0.3) is 5.69 Å². The molecule has 2 aromatic carbocycles. The highest BCUT2D eigenvalue weighted by molar-refractivity contribution is 9.10. The fourth-order valence-electron chi connectivity index (χ4n) is 1.96. The lowest BCUT2D eigenvalue weighted by Gasteiger charge is -2.10. The number of nitro groups is 1. The van der Waals surface area contributed by atoms with Gasteiger partial charge >= 0.3 is 0 Å². The van der Waals surface area contributed by atoms with Crippen molar-refractivity contribution in [1.82, 2.24) is 0 Å². The van der Waals surface area contributed by atoms with Gasteiger partial charge in [-0.3, -0.25) is 10.1 Å². The normalized spacial score (nSPS) is 10.4. The number of nitro benzene ring substituents is 1.